The average Bonchev–Trinajstić information content (AvgIpc) is 3.35. The maximum atomic E-state index is 12.2. The van der Waals surface area contributed by atoms with E-state index in [0.29, 0.717) is 30.4 Å². The first-order chi connectivity index (χ1) is 13.7. The highest BCUT2D eigenvalue weighted by molar-refractivity contribution is 5.89. The van der Waals surface area contributed by atoms with Crippen molar-refractivity contribution in [2.45, 2.75) is 38.1 Å². The van der Waals surface area contributed by atoms with Gasteiger partial charge in [-0.1, -0.05) is 18.9 Å². The number of carbonyl (C=O) groups is 1. The van der Waals surface area contributed by atoms with E-state index in [1.54, 1.807) is 13.2 Å². The molecule has 0 aliphatic heterocycles. The molecule has 1 aliphatic rings. The molecule has 1 aliphatic carbocycles. The van der Waals surface area contributed by atoms with E-state index in [0.717, 1.165) is 17.0 Å². The molecule has 0 saturated heterocycles. The molecule has 2 heterocycles. The monoisotopic (exact) mass is 379 g/mol. The third-order valence-corrected chi connectivity index (χ3v) is 5.17. The van der Waals surface area contributed by atoms with E-state index in [1.165, 1.54) is 25.7 Å². The van der Waals surface area contributed by atoms with E-state index < -0.39 is 0 Å². The molecule has 1 saturated carbocycles. The first-order valence-corrected chi connectivity index (χ1v) is 9.75. The summed E-state index contributed by atoms with van der Waals surface area (Å²) in [5, 5.41) is 5.74. The molecule has 7 heteroatoms. The lowest BCUT2D eigenvalue weighted by Gasteiger charge is -2.16. The second-order valence-electron chi connectivity index (χ2n) is 7.05. The highest BCUT2D eigenvalue weighted by Gasteiger charge is 2.23. The van der Waals surface area contributed by atoms with Crippen LogP contribution in [-0.4, -0.2) is 34.2 Å². The third kappa shape index (κ3) is 3.93. The van der Waals surface area contributed by atoms with Crippen LogP contribution < -0.4 is 15.4 Å². The van der Waals surface area contributed by atoms with Crippen LogP contribution in [0.5, 0.6) is 5.75 Å². The zero-order valence-corrected chi connectivity index (χ0v) is 16.0. The summed E-state index contributed by atoms with van der Waals surface area (Å²) in [7, 11) is 1.60. The lowest BCUT2D eigenvalue weighted by molar-refractivity contribution is 0.252. The van der Waals surface area contributed by atoms with Crippen LogP contribution in [0, 0.1) is 0 Å². The zero-order valence-electron chi connectivity index (χ0n) is 16.0. The molecule has 1 fully saturated rings. The normalized spacial score (nSPS) is 14.3. The van der Waals surface area contributed by atoms with Crippen molar-refractivity contribution in [3.63, 3.8) is 0 Å². The quantitative estimate of drug-likeness (QED) is 0.680. The number of urea groups is 1. The fourth-order valence-electron chi connectivity index (χ4n) is 3.86. The van der Waals surface area contributed by atoms with Gasteiger partial charge in [-0.3, -0.25) is 0 Å². The van der Waals surface area contributed by atoms with Gasteiger partial charge in [-0.2, -0.15) is 0 Å². The first kappa shape index (κ1) is 18.3. The molecule has 0 bridgehead atoms. The number of carbonyl (C=O) groups excluding carboxylic acids is 1. The number of pyridine rings is 1. The number of hydrogen-bond acceptors (Lipinski definition) is 4. The maximum Gasteiger partial charge on any atom is 0.319 e. The number of hydrogen-bond donors (Lipinski definition) is 2. The number of amides is 2. The van der Waals surface area contributed by atoms with E-state index in [9.17, 15) is 4.79 Å². The molecule has 146 valence electrons. The second-order valence-corrected chi connectivity index (χ2v) is 7.05. The Labute approximate surface area is 164 Å². The summed E-state index contributed by atoms with van der Waals surface area (Å²) in [4.78, 5) is 21.5. The van der Waals surface area contributed by atoms with Crippen LogP contribution in [0.1, 0.15) is 37.5 Å². The van der Waals surface area contributed by atoms with Gasteiger partial charge < -0.3 is 19.9 Å². The number of ether oxygens (including phenoxy) is 1. The first-order valence-electron chi connectivity index (χ1n) is 9.75. The summed E-state index contributed by atoms with van der Waals surface area (Å²) in [6, 6.07) is 11.4. The Morgan fingerprint density at radius 1 is 1.25 bits per heavy atom. The standard InChI is InChI=1S/C21H25N5O2/c1-28-17-9-4-6-15(14-17)24-21(27)23-13-11-19-25-18-10-5-12-22-20(18)26(19)16-7-2-3-8-16/h4-6,9-10,12,14,16H,2-3,7-8,11,13H2,1H3,(H2,23,24,27). The van der Waals surface area contributed by atoms with Crippen LogP contribution in [-0.2, 0) is 6.42 Å². The van der Waals surface area contributed by atoms with E-state index in [1.807, 2.05) is 36.5 Å². The lowest BCUT2D eigenvalue weighted by atomic mass is 10.2. The van der Waals surface area contributed by atoms with Gasteiger partial charge in [-0.25, -0.2) is 14.8 Å². The molecule has 28 heavy (non-hydrogen) atoms. The molecule has 2 amide bonds. The number of methoxy groups -OCH3 is 1. The minimum atomic E-state index is -0.241. The van der Waals surface area contributed by atoms with Gasteiger partial charge in [-0.05, 0) is 37.1 Å². The van der Waals surface area contributed by atoms with Crippen LogP contribution in [0.3, 0.4) is 0 Å². The van der Waals surface area contributed by atoms with Crippen LogP contribution in [0.25, 0.3) is 11.2 Å². The number of aromatic nitrogens is 3. The SMILES string of the molecule is COc1cccc(NC(=O)NCCc2nc3cccnc3n2C2CCCC2)c1. The number of imidazole rings is 1. The van der Waals surface area contributed by atoms with Crippen LogP contribution >= 0.6 is 0 Å². The molecule has 0 radical (unpaired) electrons. The van der Waals surface area contributed by atoms with Gasteiger partial charge in [0.1, 0.15) is 17.1 Å². The number of anilines is 1. The summed E-state index contributed by atoms with van der Waals surface area (Å²) < 4.78 is 7.46. The van der Waals surface area contributed by atoms with Crippen molar-refractivity contribution in [2.75, 3.05) is 19.0 Å². The molecule has 7 nitrogen and oxygen atoms in total. The molecule has 2 N–H and O–H groups in total. The lowest BCUT2D eigenvalue weighted by Crippen LogP contribution is -2.31. The van der Waals surface area contributed by atoms with Crippen molar-refractivity contribution in [1.29, 1.82) is 0 Å². The number of nitrogens with one attached hydrogen (secondary N) is 2. The van der Waals surface area contributed by atoms with Gasteiger partial charge >= 0.3 is 6.03 Å². The Bertz CT molecular complexity index is 962. The zero-order chi connectivity index (χ0) is 19.3. The fourth-order valence-corrected chi connectivity index (χ4v) is 3.86. The van der Waals surface area contributed by atoms with Crippen molar-refractivity contribution < 1.29 is 9.53 Å². The third-order valence-electron chi connectivity index (χ3n) is 5.17. The van der Waals surface area contributed by atoms with Crippen molar-refractivity contribution >= 4 is 22.9 Å². The summed E-state index contributed by atoms with van der Waals surface area (Å²) in [6.45, 7) is 0.506. The molecule has 4 rings (SSSR count). The van der Waals surface area contributed by atoms with Gasteiger partial charge in [0.25, 0.3) is 0 Å². The summed E-state index contributed by atoms with van der Waals surface area (Å²) in [5.41, 5.74) is 2.56. The van der Waals surface area contributed by atoms with Gasteiger partial charge in [-0.15, -0.1) is 0 Å². The van der Waals surface area contributed by atoms with E-state index in [-0.39, 0.29) is 6.03 Å². The molecular weight excluding hydrogens is 354 g/mol. The van der Waals surface area contributed by atoms with Gasteiger partial charge in [0, 0.05) is 37.0 Å². The fraction of sp³-hybridized carbons (Fsp3) is 0.381. The van der Waals surface area contributed by atoms with E-state index in [2.05, 4.69) is 20.2 Å². The second kappa shape index (κ2) is 8.29. The minimum Gasteiger partial charge on any atom is -0.497 e. The number of rotatable bonds is 6. The summed E-state index contributed by atoms with van der Waals surface area (Å²) in [5.74, 6) is 1.69. The van der Waals surface area contributed by atoms with E-state index in [4.69, 9.17) is 9.72 Å². The molecule has 3 aromatic rings. The smallest absolute Gasteiger partial charge is 0.319 e. The number of fused-ring (bicyclic) bond motifs is 1. The highest BCUT2D eigenvalue weighted by Crippen LogP contribution is 2.33. The number of benzene rings is 1. The van der Waals surface area contributed by atoms with Gasteiger partial charge in [0.15, 0.2) is 5.65 Å². The van der Waals surface area contributed by atoms with Crippen molar-refractivity contribution in [2.24, 2.45) is 0 Å². The topological polar surface area (TPSA) is 81.1 Å². The van der Waals surface area contributed by atoms with Crippen LogP contribution in [0.15, 0.2) is 42.6 Å². The molecular formula is C21H25N5O2. The Kier molecular flexibility index (Phi) is 5.41. The maximum absolute atomic E-state index is 12.2. The van der Waals surface area contributed by atoms with E-state index >= 15 is 0 Å². The van der Waals surface area contributed by atoms with Gasteiger partial charge in [0.2, 0.25) is 0 Å². The Morgan fingerprint density at radius 2 is 2.11 bits per heavy atom. The van der Waals surface area contributed by atoms with Crippen LogP contribution in [0.2, 0.25) is 0 Å². The Hall–Kier alpha value is -3.09. The van der Waals surface area contributed by atoms with Crippen molar-refractivity contribution in [3.05, 3.63) is 48.4 Å². The number of nitrogens with zero attached hydrogens (tertiary/aromatic N) is 3. The van der Waals surface area contributed by atoms with Crippen LogP contribution in [0.4, 0.5) is 10.5 Å². The van der Waals surface area contributed by atoms with Gasteiger partial charge in [0.05, 0.1) is 7.11 Å². The predicted molar refractivity (Wildman–Crippen MR) is 109 cm³/mol. The largest absolute Gasteiger partial charge is 0.497 e. The molecule has 0 atom stereocenters. The molecule has 2 aromatic heterocycles. The molecule has 1 aromatic carbocycles. The Morgan fingerprint density at radius 3 is 2.93 bits per heavy atom. The van der Waals surface area contributed by atoms with Crippen molar-refractivity contribution in [1.82, 2.24) is 19.9 Å². The summed E-state index contributed by atoms with van der Waals surface area (Å²) >= 11 is 0. The molecule has 0 spiro atoms. The highest BCUT2D eigenvalue weighted by atomic mass is 16.5. The summed E-state index contributed by atoms with van der Waals surface area (Å²) in [6.07, 6.45) is 7.31. The average molecular weight is 379 g/mol. The molecule has 0 unspecified atom stereocenters. The predicted octanol–water partition coefficient (Wildman–Crippen LogP) is 3.92. The minimum absolute atomic E-state index is 0.241. The van der Waals surface area contributed by atoms with Crippen molar-refractivity contribution in [3.8, 4) is 5.75 Å². The Balaban J connectivity index is 1.41.